The van der Waals surface area contributed by atoms with Gasteiger partial charge in [-0.1, -0.05) is 24.3 Å². The summed E-state index contributed by atoms with van der Waals surface area (Å²) in [4.78, 5) is 4.15. The standard InChI is InChI=1S/C22H16FN3O5S2/c1-32(27,28)25-22-24-19-10-7-14(11-21(19)31-22)18-13-26(20-12-15(23)8-9-17(18)20)33(29,30)16-5-3-2-4-6-16/h2-13H,1H3,(H,24,25). The van der Waals surface area contributed by atoms with Gasteiger partial charge in [0.25, 0.3) is 10.0 Å². The molecule has 3 aromatic carbocycles. The van der Waals surface area contributed by atoms with E-state index in [0.29, 0.717) is 27.6 Å². The number of anilines is 1. The van der Waals surface area contributed by atoms with Crippen molar-refractivity contribution in [1.29, 1.82) is 0 Å². The van der Waals surface area contributed by atoms with E-state index in [1.165, 1.54) is 36.5 Å². The number of nitrogens with one attached hydrogen (secondary N) is 1. The zero-order valence-electron chi connectivity index (χ0n) is 17.1. The molecule has 2 heterocycles. The van der Waals surface area contributed by atoms with Crippen LogP contribution in [-0.2, 0) is 20.0 Å². The molecule has 11 heteroatoms. The van der Waals surface area contributed by atoms with Crippen molar-refractivity contribution in [2.75, 3.05) is 11.0 Å². The lowest BCUT2D eigenvalue weighted by atomic mass is 10.0. The van der Waals surface area contributed by atoms with E-state index in [1.807, 2.05) is 0 Å². The smallest absolute Gasteiger partial charge is 0.309 e. The van der Waals surface area contributed by atoms with E-state index < -0.39 is 25.9 Å². The third-order valence-corrected chi connectivity index (χ3v) is 7.24. The van der Waals surface area contributed by atoms with E-state index in [2.05, 4.69) is 9.71 Å². The molecule has 5 rings (SSSR count). The summed E-state index contributed by atoms with van der Waals surface area (Å²) in [6.45, 7) is 0. The summed E-state index contributed by atoms with van der Waals surface area (Å²) in [5.74, 6) is -0.571. The van der Waals surface area contributed by atoms with Gasteiger partial charge in [0.05, 0.1) is 16.7 Å². The van der Waals surface area contributed by atoms with Crippen molar-refractivity contribution < 1.29 is 25.6 Å². The van der Waals surface area contributed by atoms with Crippen LogP contribution in [0.3, 0.4) is 0 Å². The zero-order chi connectivity index (χ0) is 23.4. The van der Waals surface area contributed by atoms with Gasteiger partial charge in [-0.2, -0.15) is 4.98 Å². The molecule has 0 bridgehead atoms. The molecule has 0 radical (unpaired) electrons. The summed E-state index contributed by atoms with van der Waals surface area (Å²) in [5, 5.41) is 0.518. The van der Waals surface area contributed by atoms with Gasteiger partial charge >= 0.3 is 6.01 Å². The second-order valence-corrected chi connectivity index (χ2v) is 11.0. The minimum Gasteiger partial charge on any atom is -0.423 e. The number of benzene rings is 3. The van der Waals surface area contributed by atoms with Crippen LogP contribution in [0.2, 0.25) is 0 Å². The SMILES string of the molecule is CS(=O)(=O)Nc1nc2ccc(-c3cn(S(=O)(=O)c4ccccc4)c4cc(F)ccc34)cc2o1. The fraction of sp³-hybridized carbons (Fsp3) is 0.0455. The summed E-state index contributed by atoms with van der Waals surface area (Å²) >= 11 is 0. The van der Waals surface area contributed by atoms with Gasteiger partial charge in [-0.25, -0.2) is 29.9 Å². The van der Waals surface area contributed by atoms with Gasteiger partial charge in [0.1, 0.15) is 11.3 Å². The number of aromatic nitrogens is 2. The van der Waals surface area contributed by atoms with Crippen molar-refractivity contribution in [1.82, 2.24) is 8.96 Å². The lowest BCUT2D eigenvalue weighted by Gasteiger charge is -2.07. The number of nitrogens with zero attached hydrogens (tertiary/aromatic N) is 2. The van der Waals surface area contributed by atoms with Crippen LogP contribution >= 0.6 is 0 Å². The number of hydrogen-bond donors (Lipinski definition) is 1. The van der Waals surface area contributed by atoms with Gasteiger partial charge in [-0.15, -0.1) is 0 Å². The summed E-state index contributed by atoms with van der Waals surface area (Å²) in [7, 11) is -7.56. The highest BCUT2D eigenvalue weighted by Crippen LogP contribution is 2.35. The van der Waals surface area contributed by atoms with Crippen molar-refractivity contribution in [2.45, 2.75) is 4.90 Å². The van der Waals surface area contributed by atoms with Gasteiger partial charge in [-0.05, 0) is 48.0 Å². The van der Waals surface area contributed by atoms with Crippen molar-refractivity contribution in [3.8, 4) is 11.1 Å². The third kappa shape index (κ3) is 3.85. The molecular formula is C22H16FN3O5S2. The number of hydrogen-bond acceptors (Lipinski definition) is 6. The number of sulfonamides is 1. The van der Waals surface area contributed by atoms with E-state index >= 15 is 0 Å². The zero-order valence-corrected chi connectivity index (χ0v) is 18.7. The molecule has 0 aliphatic rings. The van der Waals surface area contributed by atoms with Crippen LogP contribution in [0, 0.1) is 5.82 Å². The molecule has 0 spiro atoms. The molecule has 0 aliphatic heterocycles. The molecule has 0 atom stereocenters. The summed E-state index contributed by atoms with van der Waals surface area (Å²) in [6.07, 6.45) is 2.41. The molecule has 1 N–H and O–H groups in total. The minimum absolute atomic E-state index is 0.0693. The Morgan fingerprint density at radius 3 is 2.45 bits per heavy atom. The van der Waals surface area contributed by atoms with Gasteiger partial charge < -0.3 is 4.42 Å². The molecular weight excluding hydrogens is 469 g/mol. The normalized spacial score (nSPS) is 12.4. The maximum atomic E-state index is 14.1. The monoisotopic (exact) mass is 485 g/mol. The Bertz CT molecular complexity index is 1740. The highest BCUT2D eigenvalue weighted by Gasteiger charge is 2.22. The average Bonchev–Trinajstić information content (AvgIpc) is 3.33. The molecule has 168 valence electrons. The van der Waals surface area contributed by atoms with Crippen molar-refractivity contribution in [2.24, 2.45) is 0 Å². The van der Waals surface area contributed by atoms with Crippen molar-refractivity contribution in [3.63, 3.8) is 0 Å². The van der Waals surface area contributed by atoms with Gasteiger partial charge in [-0.3, -0.25) is 0 Å². The summed E-state index contributed by atoms with van der Waals surface area (Å²) in [6, 6.07) is 16.6. The molecule has 0 aliphatic carbocycles. The maximum absolute atomic E-state index is 14.1. The first-order valence-corrected chi connectivity index (χ1v) is 12.9. The second-order valence-electron chi connectivity index (χ2n) is 7.39. The van der Waals surface area contributed by atoms with Gasteiger partial charge in [0, 0.05) is 17.1 Å². The van der Waals surface area contributed by atoms with Crippen LogP contribution < -0.4 is 4.72 Å². The van der Waals surface area contributed by atoms with E-state index in [4.69, 9.17) is 4.42 Å². The Hall–Kier alpha value is -3.70. The first-order valence-electron chi connectivity index (χ1n) is 9.62. The Labute approximate surface area is 188 Å². The highest BCUT2D eigenvalue weighted by atomic mass is 32.2. The predicted octanol–water partition coefficient (Wildman–Crippen LogP) is 4.20. The molecule has 0 fully saturated rings. The minimum atomic E-state index is -3.99. The number of halogens is 1. The molecule has 0 saturated heterocycles. The van der Waals surface area contributed by atoms with Crippen LogP contribution in [0.4, 0.5) is 10.4 Å². The lowest BCUT2D eigenvalue weighted by molar-refractivity contribution is 0.588. The Morgan fingerprint density at radius 1 is 0.970 bits per heavy atom. The summed E-state index contributed by atoms with van der Waals surface area (Å²) in [5.41, 5.74) is 2.01. The van der Waals surface area contributed by atoms with Crippen LogP contribution in [0.15, 0.2) is 82.2 Å². The fourth-order valence-electron chi connectivity index (χ4n) is 3.60. The topological polar surface area (TPSA) is 111 Å². The van der Waals surface area contributed by atoms with E-state index in [-0.39, 0.29) is 16.4 Å². The van der Waals surface area contributed by atoms with Crippen LogP contribution in [0.25, 0.3) is 33.1 Å². The van der Waals surface area contributed by atoms with E-state index in [1.54, 1.807) is 36.4 Å². The Morgan fingerprint density at radius 2 is 1.73 bits per heavy atom. The molecule has 8 nitrogen and oxygen atoms in total. The average molecular weight is 486 g/mol. The van der Waals surface area contributed by atoms with E-state index in [0.717, 1.165) is 10.2 Å². The molecule has 0 amide bonds. The molecule has 33 heavy (non-hydrogen) atoms. The highest BCUT2D eigenvalue weighted by molar-refractivity contribution is 7.92. The molecule has 0 saturated carbocycles. The number of oxazole rings is 1. The first-order chi connectivity index (χ1) is 15.6. The lowest BCUT2D eigenvalue weighted by Crippen LogP contribution is -2.11. The van der Waals surface area contributed by atoms with Gasteiger partial charge in [0.15, 0.2) is 5.58 Å². The van der Waals surface area contributed by atoms with Crippen LogP contribution in [0.5, 0.6) is 0 Å². The Kier molecular flexibility index (Phi) is 4.76. The molecule has 2 aromatic heterocycles. The number of rotatable bonds is 5. The van der Waals surface area contributed by atoms with E-state index in [9.17, 15) is 21.2 Å². The van der Waals surface area contributed by atoms with Crippen molar-refractivity contribution >= 4 is 48.1 Å². The molecule has 0 unspecified atom stereocenters. The third-order valence-electron chi connectivity index (χ3n) is 5.01. The largest absolute Gasteiger partial charge is 0.423 e. The Balaban J connectivity index is 1.70. The second kappa shape index (κ2) is 7.42. The predicted molar refractivity (Wildman–Crippen MR) is 122 cm³/mol. The van der Waals surface area contributed by atoms with Gasteiger partial charge in [0.2, 0.25) is 10.0 Å². The van der Waals surface area contributed by atoms with Crippen LogP contribution in [0.1, 0.15) is 0 Å². The quantitative estimate of drug-likeness (QED) is 0.399. The first kappa shape index (κ1) is 21.2. The maximum Gasteiger partial charge on any atom is 0.309 e. The fourth-order valence-corrected chi connectivity index (χ4v) is 5.39. The van der Waals surface area contributed by atoms with Crippen molar-refractivity contribution in [3.05, 3.63) is 78.7 Å². The molecule has 5 aromatic rings. The van der Waals surface area contributed by atoms with Crippen LogP contribution in [-0.4, -0.2) is 32.0 Å². The number of fused-ring (bicyclic) bond motifs is 2. The summed E-state index contributed by atoms with van der Waals surface area (Å²) < 4.78 is 72.3.